The number of aliphatic hydroxyl groups is 1. The highest BCUT2D eigenvalue weighted by molar-refractivity contribution is 5.64. The zero-order valence-electron chi connectivity index (χ0n) is 12.7. The Balaban J connectivity index is 2.16. The molecule has 1 aromatic heterocycles. The molecule has 3 rings (SSSR count). The van der Waals surface area contributed by atoms with Crippen LogP contribution in [0.25, 0.3) is 16.9 Å². The Morgan fingerprint density at radius 2 is 1.79 bits per heavy atom. The monoisotopic (exact) mass is 333 g/mol. The second-order valence-corrected chi connectivity index (χ2v) is 5.37. The molecule has 0 aliphatic rings. The van der Waals surface area contributed by atoms with E-state index < -0.39 is 11.7 Å². The van der Waals surface area contributed by atoms with E-state index in [2.05, 4.69) is 10.3 Å². The fourth-order valence-corrected chi connectivity index (χ4v) is 2.41. The highest BCUT2D eigenvalue weighted by Gasteiger charge is 2.31. The van der Waals surface area contributed by atoms with Gasteiger partial charge in [-0.25, -0.2) is 4.68 Å². The van der Waals surface area contributed by atoms with E-state index in [9.17, 15) is 18.3 Å². The first kappa shape index (κ1) is 16.2. The third-order valence-corrected chi connectivity index (χ3v) is 3.63. The summed E-state index contributed by atoms with van der Waals surface area (Å²) in [5, 5.41) is 17.3. The van der Waals surface area contributed by atoms with Gasteiger partial charge in [-0.15, -0.1) is 5.10 Å². The smallest absolute Gasteiger partial charge is 0.390 e. The van der Waals surface area contributed by atoms with E-state index in [4.69, 9.17) is 0 Å². The first-order valence-electron chi connectivity index (χ1n) is 7.20. The van der Waals surface area contributed by atoms with Crippen molar-refractivity contribution in [3.63, 3.8) is 0 Å². The standard InChI is InChI=1S/C17H14F3N3O/c1-11-5-7-12(8-6-11)16-15(10-24)21-22-23(16)14-4-2-3-13(9-14)17(18,19)20/h2-9,24H,10H2,1H3. The lowest BCUT2D eigenvalue weighted by Gasteiger charge is -2.11. The van der Waals surface area contributed by atoms with Gasteiger partial charge in [0.15, 0.2) is 0 Å². The summed E-state index contributed by atoms with van der Waals surface area (Å²) in [7, 11) is 0. The maximum Gasteiger partial charge on any atom is 0.416 e. The lowest BCUT2D eigenvalue weighted by Crippen LogP contribution is -2.07. The molecular weight excluding hydrogens is 319 g/mol. The summed E-state index contributed by atoms with van der Waals surface area (Å²) in [6.45, 7) is 1.57. The van der Waals surface area contributed by atoms with Gasteiger partial charge in [0.2, 0.25) is 0 Å². The maximum absolute atomic E-state index is 12.9. The number of hydrogen-bond acceptors (Lipinski definition) is 3. The van der Waals surface area contributed by atoms with Gasteiger partial charge in [0.1, 0.15) is 11.4 Å². The van der Waals surface area contributed by atoms with E-state index >= 15 is 0 Å². The number of benzene rings is 2. The summed E-state index contributed by atoms with van der Waals surface area (Å²) in [5.74, 6) is 0. The van der Waals surface area contributed by atoms with Crippen molar-refractivity contribution in [2.24, 2.45) is 0 Å². The average Bonchev–Trinajstić information content (AvgIpc) is 2.99. The predicted octanol–water partition coefficient (Wildman–Crippen LogP) is 3.75. The summed E-state index contributed by atoms with van der Waals surface area (Å²) >= 11 is 0. The van der Waals surface area contributed by atoms with Gasteiger partial charge in [0.05, 0.1) is 17.9 Å². The van der Waals surface area contributed by atoms with Gasteiger partial charge in [0, 0.05) is 5.56 Å². The third-order valence-electron chi connectivity index (χ3n) is 3.63. The normalized spacial score (nSPS) is 11.7. The number of rotatable bonds is 3. The molecule has 0 saturated carbocycles. The Hall–Kier alpha value is -2.67. The summed E-state index contributed by atoms with van der Waals surface area (Å²) in [6, 6.07) is 12.2. The highest BCUT2D eigenvalue weighted by Crippen LogP contribution is 2.32. The van der Waals surface area contributed by atoms with Crippen molar-refractivity contribution >= 4 is 0 Å². The first-order valence-corrected chi connectivity index (χ1v) is 7.20. The third kappa shape index (κ3) is 3.03. The number of alkyl halides is 3. The van der Waals surface area contributed by atoms with Crippen LogP contribution in [0.5, 0.6) is 0 Å². The fraction of sp³-hybridized carbons (Fsp3) is 0.176. The Morgan fingerprint density at radius 3 is 2.42 bits per heavy atom. The molecule has 0 aliphatic carbocycles. The number of aromatic nitrogens is 3. The van der Waals surface area contributed by atoms with E-state index in [1.807, 2.05) is 31.2 Å². The number of aryl methyl sites for hydroxylation is 1. The molecular formula is C17H14F3N3O. The highest BCUT2D eigenvalue weighted by atomic mass is 19.4. The van der Waals surface area contributed by atoms with Crippen molar-refractivity contribution in [1.82, 2.24) is 15.0 Å². The Bertz CT molecular complexity index is 854. The van der Waals surface area contributed by atoms with E-state index in [0.29, 0.717) is 17.0 Å². The fourth-order valence-electron chi connectivity index (χ4n) is 2.41. The predicted molar refractivity (Wildman–Crippen MR) is 82.5 cm³/mol. The van der Waals surface area contributed by atoms with E-state index in [-0.39, 0.29) is 12.3 Å². The first-order chi connectivity index (χ1) is 11.4. The topological polar surface area (TPSA) is 50.9 Å². The molecule has 4 nitrogen and oxygen atoms in total. The van der Waals surface area contributed by atoms with Crippen LogP contribution in [0.15, 0.2) is 48.5 Å². The van der Waals surface area contributed by atoms with Crippen molar-refractivity contribution < 1.29 is 18.3 Å². The van der Waals surface area contributed by atoms with E-state index in [1.54, 1.807) is 0 Å². The largest absolute Gasteiger partial charge is 0.416 e. The molecule has 0 atom stereocenters. The van der Waals surface area contributed by atoms with Crippen LogP contribution < -0.4 is 0 Å². The molecule has 0 amide bonds. The lowest BCUT2D eigenvalue weighted by molar-refractivity contribution is -0.137. The van der Waals surface area contributed by atoms with Crippen LogP contribution in [-0.4, -0.2) is 20.1 Å². The van der Waals surface area contributed by atoms with Gasteiger partial charge >= 0.3 is 6.18 Å². The molecule has 1 N–H and O–H groups in total. The molecule has 124 valence electrons. The second kappa shape index (κ2) is 6.09. The second-order valence-electron chi connectivity index (χ2n) is 5.37. The Kier molecular flexibility index (Phi) is 4.11. The van der Waals surface area contributed by atoms with Crippen LogP contribution in [0.2, 0.25) is 0 Å². The van der Waals surface area contributed by atoms with Crippen molar-refractivity contribution in [2.75, 3.05) is 0 Å². The number of hydrogen-bond donors (Lipinski definition) is 1. The number of aliphatic hydroxyl groups excluding tert-OH is 1. The van der Waals surface area contributed by atoms with Gasteiger partial charge < -0.3 is 5.11 Å². The molecule has 0 fully saturated rings. The van der Waals surface area contributed by atoms with Gasteiger partial charge in [-0.2, -0.15) is 13.2 Å². The van der Waals surface area contributed by atoms with Crippen molar-refractivity contribution in [2.45, 2.75) is 19.7 Å². The minimum Gasteiger partial charge on any atom is -0.390 e. The van der Waals surface area contributed by atoms with E-state index in [1.165, 1.54) is 16.8 Å². The van der Waals surface area contributed by atoms with E-state index in [0.717, 1.165) is 17.7 Å². The van der Waals surface area contributed by atoms with Crippen molar-refractivity contribution in [3.05, 3.63) is 65.4 Å². The molecule has 2 aromatic carbocycles. The summed E-state index contributed by atoms with van der Waals surface area (Å²) < 4.78 is 40.1. The SMILES string of the molecule is Cc1ccc(-c2c(CO)nnn2-c2cccc(C(F)(F)F)c2)cc1. The summed E-state index contributed by atoms with van der Waals surface area (Å²) in [6.07, 6.45) is -4.44. The zero-order chi connectivity index (χ0) is 17.3. The molecule has 7 heteroatoms. The molecule has 24 heavy (non-hydrogen) atoms. The molecule has 0 aliphatic heterocycles. The van der Waals surface area contributed by atoms with Crippen LogP contribution in [-0.2, 0) is 12.8 Å². The van der Waals surface area contributed by atoms with Crippen LogP contribution in [0.4, 0.5) is 13.2 Å². The van der Waals surface area contributed by atoms with Crippen LogP contribution >= 0.6 is 0 Å². The van der Waals surface area contributed by atoms with Crippen LogP contribution in [0, 0.1) is 6.92 Å². The molecule has 0 unspecified atom stereocenters. The Labute approximate surface area is 136 Å². The zero-order valence-corrected chi connectivity index (χ0v) is 12.7. The van der Waals surface area contributed by atoms with Crippen LogP contribution in [0.3, 0.4) is 0 Å². The van der Waals surface area contributed by atoms with Gasteiger partial charge in [0.25, 0.3) is 0 Å². The van der Waals surface area contributed by atoms with Gasteiger partial charge in [-0.05, 0) is 25.1 Å². The molecule has 0 spiro atoms. The van der Waals surface area contributed by atoms with Gasteiger partial charge in [-0.3, -0.25) is 0 Å². The number of nitrogens with zero attached hydrogens (tertiary/aromatic N) is 3. The maximum atomic E-state index is 12.9. The average molecular weight is 333 g/mol. The van der Waals surface area contributed by atoms with Crippen molar-refractivity contribution in [3.8, 4) is 16.9 Å². The molecule has 0 radical (unpaired) electrons. The quantitative estimate of drug-likeness (QED) is 0.794. The molecule has 0 bridgehead atoms. The van der Waals surface area contributed by atoms with Crippen molar-refractivity contribution in [1.29, 1.82) is 0 Å². The minimum absolute atomic E-state index is 0.229. The summed E-state index contributed by atoms with van der Waals surface area (Å²) in [4.78, 5) is 0. The Morgan fingerprint density at radius 1 is 1.08 bits per heavy atom. The lowest BCUT2D eigenvalue weighted by atomic mass is 10.1. The minimum atomic E-state index is -4.44. The number of halogens is 3. The molecule has 3 aromatic rings. The molecule has 0 saturated heterocycles. The van der Waals surface area contributed by atoms with Crippen LogP contribution in [0.1, 0.15) is 16.8 Å². The van der Waals surface area contributed by atoms with Gasteiger partial charge in [-0.1, -0.05) is 41.1 Å². The summed E-state index contributed by atoms with van der Waals surface area (Å²) in [5.41, 5.74) is 1.99. The molecule has 1 heterocycles.